The molecule has 2 heterocycles. The van der Waals surface area contributed by atoms with E-state index in [0.29, 0.717) is 17.5 Å². The van der Waals surface area contributed by atoms with E-state index in [0.717, 1.165) is 34.4 Å². The van der Waals surface area contributed by atoms with Crippen molar-refractivity contribution in [3.63, 3.8) is 0 Å². The number of nitrogens with zero attached hydrogens (tertiary/aromatic N) is 5. The second-order valence-electron chi connectivity index (χ2n) is 5.91. The molecule has 0 N–H and O–H groups in total. The lowest BCUT2D eigenvalue weighted by atomic mass is 10.2. The number of methoxy groups -OCH3 is 1. The fraction of sp³-hybridized carbons (Fsp3) is 0.200. The molecule has 4 rings (SSSR count). The van der Waals surface area contributed by atoms with Gasteiger partial charge in [0.2, 0.25) is 11.8 Å². The van der Waals surface area contributed by atoms with Gasteiger partial charge < -0.3 is 13.7 Å². The van der Waals surface area contributed by atoms with Crippen LogP contribution in [-0.2, 0) is 12.3 Å². The maximum atomic E-state index is 5.77. The molecule has 0 aliphatic carbocycles. The Hall–Kier alpha value is -3.13. The summed E-state index contributed by atoms with van der Waals surface area (Å²) >= 11 is 1.51. The van der Waals surface area contributed by atoms with Gasteiger partial charge in [0.15, 0.2) is 11.0 Å². The highest BCUT2D eigenvalue weighted by molar-refractivity contribution is 7.98. The van der Waals surface area contributed by atoms with Crippen LogP contribution in [0.1, 0.15) is 12.8 Å². The smallest absolute Gasteiger partial charge is 0.247 e. The van der Waals surface area contributed by atoms with E-state index in [1.54, 1.807) is 7.11 Å². The van der Waals surface area contributed by atoms with Gasteiger partial charge in [-0.25, -0.2) is 0 Å². The normalized spacial score (nSPS) is 10.9. The minimum absolute atomic E-state index is 0.517. The lowest BCUT2D eigenvalue weighted by Gasteiger charge is -2.09. The van der Waals surface area contributed by atoms with E-state index in [9.17, 15) is 0 Å². The quantitative estimate of drug-likeness (QED) is 0.433. The molecule has 4 aromatic rings. The zero-order valence-electron chi connectivity index (χ0n) is 15.6. The summed E-state index contributed by atoms with van der Waals surface area (Å²) in [4.78, 5) is 0. The van der Waals surface area contributed by atoms with Crippen molar-refractivity contribution in [2.45, 2.75) is 24.4 Å². The van der Waals surface area contributed by atoms with Crippen molar-refractivity contribution in [1.29, 1.82) is 0 Å². The molecular weight excluding hydrogens is 374 g/mol. The summed E-state index contributed by atoms with van der Waals surface area (Å²) in [6.45, 7) is 2.80. The van der Waals surface area contributed by atoms with Crippen molar-refractivity contribution in [2.24, 2.45) is 0 Å². The fourth-order valence-corrected chi connectivity index (χ4v) is 3.68. The summed E-state index contributed by atoms with van der Waals surface area (Å²) in [6.07, 6.45) is 0. The summed E-state index contributed by atoms with van der Waals surface area (Å²) in [5.41, 5.74) is 1.82. The molecule has 142 valence electrons. The molecule has 8 heteroatoms. The average Bonchev–Trinajstić information content (AvgIpc) is 3.39. The summed E-state index contributed by atoms with van der Waals surface area (Å²) in [5, 5.41) is 17.8. The van der Waals surface area contributed by atoms with E-state index in [-0.39, 0.29) is 0 Å². The highest BCUT2D eigenvalue weighted by atomic mass is 32.2. The molecule has 0 bridgehead atoms. The zero-order chi connectivity index (χ0) is 19.3. The summed E-state index contributed by atoms with van der Waals surface area (Å²) in [7, 11) is 1.65. The lowest BCUT2D eigenvalue weighted by molar-refractivity contribution is 0.416. The predicted molar refractivity (Wildman–Crippen MR) is 107 cm³/mol. The molecule has 0 atom stereocenters. The SMILES string of the molecule is CCn1c(SCc2nnc(-c3ccccc3)o2)nnc1-c1ccccc1OC. The first kappa shape index (κ1) is 18.2. The third kappa shape index (κ3) is 3.63. The van der Waals surface area contributed by atoms with Crippen molar-refractivity contribution < 1.29 is 9.15 Å². The first-order chi connectivity index (χ1) is 13.8. The zero-order valence-corrected chi connectivity index (χ0v) is 16.4. The van der Waals surface area contributed by atoms with E-state index in [1.165, 1.54) is 11.8 Å². The van der Waals surface area contributed by atoms with Gasteiger partial charge >= 0.3 is 0 Å². The van der Waals surface area contributed by atoms with Gasteiger partial charge in [-0.05, 0) is 31.2 Å². The molecule has 0 aliphatic rings. The number of thioether (sulfide) groups is 1. The van der Waals surface area contributed by atoms with E-state index in [2.05, 4.69) is 31.9 Å². The third-order valence-electron chi connectivity index (χ3n) is 4.19. The lowest BCUT2D eigenvalue weighted by Crippen LogP contribution is -2.01. The molecule has 2 aromatic carbocycles. The van der Waals surface area contributed by atoms with Gasteiger partial charge in [0.1, 0.15) is 5.75 Å². The Morgan fingerprint density at radius 1 is 0.964 bits per heavy atom. The van der Waals surface area contributed by atoms with Gasteiger partial charge in [-0.2, -0.15) is 0 Å². The Morgan fingerprint density at radius 2 is 1.75 bits per heavy atom. The van der Waals surface area contributed by atoms with Crippen LogP contribution in [0.2, 0.25) is 0 Å². The number of para-hydroxylation sites is 1. The highest BCUT2D eigenvalue weighted by Crippen LogP contribution is 2.31. The van der Waals surface area contributed by atoms with Crippen LogP contribution < -0.4 is 4.74 Å². The van der Waals surface area contributed by atoms with Crippen molar-refractivity contribution >= 4 is 11.8 Å². The van der Waals surface area contributed by atoms with Crippen LogP contribution in [0.25, 0.3) is 22.8 Å². The molecule has 0 radical (unpaired) electrons. The number of hydrogen-bond acceptors (Lipinski definition) is 7. The van der Waals surface area contributed by atoms with E-state index in [4.69, 9.17) is 9.15 Å². The van der Waals surface area contributed by atoms with Crippen LogP contribution in [0.3, 0.4) is 0 Å². The minimum Gasteiger partial charge on any atom is -0.496 e. The van der Waals surface area contributed by atoms with Crippen LogP contribution >= 0.6 is 11.8 Å². The van der Waals surface area contributed by atoms with Crippen molar-refractivity contribution in [3.8, 4) is 28.6 Å². The largest absolute Gasteiger partial charge is 0.496 e. The monoisotopic (exact) mass is 393 g/mol. The van der Waals surface area contributed by atoms with E-state index < -0.39 is 0 Å². The number of benzene rings is 2. The Morgan fingerprint density at radius 3 is 2.54 bits per heavy atom. The van der Waals surface area contributed by atoms with Crippen molar-refractivity contribution in [1.82, 2.24) is 25.0 Å². The molecule has 0 spiro atoms. The Labute approximate surface area is 166 Å². The minimum atomic E-state index is 0.517. The molecular formula is C20H19N5O2S. The van der Waals surface area contributed by atoms with E-state index >= 15 is 0 Å². The maximum absolute atomic E-state index is 5.77. The first-order valence-corrected chi connectivity index (χ1v) is 9.86. The second-order valence-corrected chi connectivity index (χ2v) is 6.85. The van der Waals surface area contributed by atoms with Crippen LogP contribution in [-0.4, -0.2) is 32.1 Å². The van der Waals surface area contributed by atoms with Crippen LogP contribution in [0, 0.1) is 0 Å². The summed E-state index contributed by atoms with van der Waals surface area (Å²) in [6, 6.07) is 17.5. The number of aromatic nitrogens is 5. The van der Waals surface area contributed by atoms with Gasteiger partial charge in [-0.15, -0.1) is 20.4 Å². The van der Waals surface area contributed by atoms with Gasteiger partial charge in [0.05, 0.1) is 18.4 Å². The Bertz CT molecular complexity index is 1060. The van der Waals surface area contributed by atoms with Crippen LogP contribution in [0.15, 0.2) is 64.2 Å². The molecule has 7 nitrogen and oxygen atoms in total. The summed E-state index contributed by atoms with van der Waals surface area (Å²) in [5.74, 6) is 3.13. The van der Waals surface area contributed by atoms with Crippen LogP contribution in [0.5, 0.6) is 5.75 Å². The number of rotatable bonds is 7. The van der Waals surface area contributed by atoms with Gasteiger partial charge in [0.25, 0.3) is 0 Å². The van der Waals surface area contributed by atoms with Crippen molar-refractivity contribution in [3.05, 3.63) is 60.5 Å². The molecule has 0 amide bonds. The Balaban J connectivity index is 1.53. The Kier molecular flexibility index (Phi) is 5.38. The maximum Gasteiger partial charge on any atom is 0.247 e. The van der Waals surface area contributed by atoms with E-state index in [1.807, 2.05) is 54.6 Å². The fourth-order valence-electron chi connectivity index (χ4n) is 2.84. The van der Waals surface area contributed by atoms with Crippen molar-refractivity contribution in [2.75, 3.05) is 7.11 Å². The second kappa shape index (κ2) is 8.26. The highest BCUT2D eigenvalue weighted by Gasteiger charge is 2.17. The molecule has 28 heavy (non-hydrogen) atoms. The molecule has 2 aromatic heterocycles. The molecule has 0 unspecified atom stereocenters. The van der Waals surface area contributed by atoms with Crippen LogP contribution in [0.4, 0.5) is 0 Å². The number of ether oxygens (including phenoxy) is 1. The average molecular weight is 393 g/mol. The van der Waals surface area contributed by atoms with Gasteiger partial charge in [-0.1, -0.05) is 42.1 Å². The molecule has 0 saturated carbocycles. The standard InChI is InChI=1S/C20H19N5O2S/c1-3-25-18(15-11-7-8-12-16(15)26-2)22-24-20(25)28-13-17-21-23-19(27-17)14-9-5-4-6-10-14/h4-12H,3,13H2,1-2H3. The predicted octanol–water partition coefficient (Wildman–Crippen LogP) is 4.32. The van der Waals surface area contributed by atoms with Gasteiger partial charge in [-0.3, -0.25) is 0 Å². The van der Waals surface area contributed by atoms with Gasteiger partial charge in [0, 0.05) is 12.1 Å². The first-order valence-electron chi connectivity index (χ1n) is 8.87. The molecule has 0 saturated heterocycles. The molecule has 0 aliphatic heterocycles. The third-order valence-corrected chi connectivity index (χ3v) is 5.14. The molecule has 0 fully saturated rings. The summed E-state index contributed by atoms with van der Waals surface area (Å²) < 4.78 is 13.3. The number of hydrogen-bond donors (Lipinski definition) is 0. The topological polar surface area (TPSA) is 78.9 Å².